The lowest BCUT2D eigenvalue weighted by molar-refractivity contribution is -0.118. The van der Waals surface area contributed by atoms with E-state index in [0.29, 0.717) is 16.2 Å². The highest BCUT2D eigenvalue weighted by Crippen LogP contribution is 2.35. The number of halogens is 1. The number of hydrogen-bond donors (Lipinski definition) is 1. The van der Waals surface area contributed by atoms with Crippen LogP contribution < -0.4 is 5.32 Å². The van der Waals surface area contributed by atoms with Gasteiger partial charge in [0.05, 0.1) is 11.7 Å². The highest BCUT2D eigenvalue weighted by Gasteiger charge is 2.28. The molecule has 0 bridgehead atoms. The first-order valence-corrected chi connectivity index (χ1v) is 9.57. The van der Waals surface area contributed by atoms with E-state index in [9.17, 15) is 10.1 Å². The molecule has 1 aliphatic carbocycles. The van der Waals surface area contributed by atoms with E-state index in [2.05, 4.69) is 26.2 Å². The van der Waals surface area contributed by atoms with Crippen molar-refractivity contribution in [1.82, 2.24) is 10.3 Å². The van der Waals surface area contributed by atoms with Gasteiger partial charge in [0.2, 0.25) is 0 Å². The van der Waals surface area contributed by atoms with Gasteiger partial charge in [-0.05, 0) is 58.5 Å². The Morgan fingerprint density at radius 1 is 1.19 bits per heavy atom. The number of rotatable bonds is 5. The minimum absolute atomic E-state index is 0.0644. The Morgan fingerprint density at radius 2 is 1.92 bits per heavy atom. The Balaban J connectivity index is 1.83. The molecule has 0 radical (unpaired) electrons. The van der Waals surface area contributed by atoms with Gasteiger partial charge in [-0.15, -0.1) is 0 Å². The van der Waals surface area contributed by atoms with Gasteiger partial charge < -0.3 is 5.32 Å². The van der Waals surface area contributed by atoms with E-state index in [1.807, 2.05) is 42.5 Å². The van der Waals surface area contributed by atoms with Crippen LogP contribution in [-0.4, -0.2) is 10.9 Å². The van der Waals surface area contributed by atoms with Crippen LogP contribution >= 0.6 is 15.9 Å². The summed E-state index contributed by atoms with van der Waals surface area (Å²) in [7, 11) is 0. The summed E-state index contributed by atoms with van der Waals surface area (Å²) < 4.78 is 0.664. The molecule has 4 nitrogen and oxygen atoms in total. The summed E-state index contributed by atoms with van der Waals surface area (Å²) in [6, 6.07) is 17.3. The zero-order chi connectivity index (χ0) is 18.4. The average Bonchev–Trinajstić information content (AvgIpc) is 3.19. The van der Waals surface area contributed by atoms with E-state index in [4.69, 9.17) is 0 Å². The number of carbonyl (C=O) groups excluding carboxylic acids is 1. The molecule has 0 spiro atoms. The Labute approximate surface area is 162 Å². The van der Waals surface area contributed by atoms with Crippen LogP contribution in [0, 0.1) is 17.2 Å². The molecule has 26 heavy (non-hydrogen) atoms. The lowest BCUT2D eigenvalue weighted by atomic mass is 9.91. The maximum absolute atomic E-state index is 12.8. The Kier molecular flexibility index (Phi) is 6.19. The molecule has 1 aromatic heterocycles. The third-order valence-electron chi connectivity index (χ3n) is 4.71. The number of hydrogen-bond acceptors (Lipinski definition) is 3. The fourth-order valence-electron chi connectivity index (χ4n) is 3.44. The maximum atomic E-state index is 12.8. The molecule has 132 valence electrons. The summed E-state index contributed by atoms with van der Waals surface area (Å²) in [6.45, 7) is 0. The van der Waals surface area contributed by atoms with Gasteiger partial charge in [-0.25, -0.2) is 4.98 Å². The van der Waals surface area contributed by atoms with Crippen LogP contribution in [0.25, 0.3) is 6.08 Å². The van der Waals surface area contributed by atoms with Crippen molar-refractivity contribution in [2.75, 3.05) is 0 Å². The maximum Gasteiger partial charge on any atom is 0.262 e. The van der Waals surface area contributed by atoms with Crippen molar-refractivity contribution in [1.29, 1.82) is 5.26 Å². The highest BCUT2D eigenvalue weighted by molar-refractivity contribution is 9.10. The molecule has 5 heteroatoms. The predicted octanol–water partition coefficient (Wildman–Crippen LogP) is 4.80. The molecule has 1 saturated carbocycles. The number of nitrogens with zero attached hydrogens (tertiary/aromatic N) is 2. The monoisotopic (exact) mass is 409 g/mol. The van der Waals surface area contributed by atoms with Crippen LogP contribution in [-0.2, 0) is 4.79 Å². The number of pyridine rings is 1. The van der Waals surface area contributed by atoms with Crippen LogP contribution in [0.5, 0.6) is 0 Å². The number of aromatic nitrogens is 1. The van der Waals surface area contributed by atoms with E-state index in [1.165, 1.54) is 18.9 Å². The molecule has 0 saturated heterocycles. The Morgan fingerprint density at radius 3 is 2.58 bits per heavy atom. The first-order valence-electron chi connectivity index (χ1n) is 8.77. The summed E-state index contributed by atoms with van der Waals surface area (Å²) >= 11 is 3.30. The van der Waals surface area contributed by atoms with Gasteiger partial charge >= 0.3 is 0 Å². The molecule has 1 aliphatic rings. The first kappa shape index (κ1) is 18.3. The lowest BCUT2D eigenvalue weighted by Crippen LogP contribution is -2.33. The molecule has 3 rings (SSSR count). The number of amides is 1. The quantitative estimate of drug-likeness (QED) is 0.438. The molecule has 1 amide bonds. The lowest BCUT2D eigenvalue weighted by Gasteiger charge is -2.25. The third-order valence-corrected chi connectivity index (χ3v) is 5.15. The molecule has 1 N–H and O–H groups in total. The molecular weight excluding hydrogens is 390 g/mol. The first-order chi connectivity index (χ1) is 12.7. The number of nitriles is 1. The number of carbonyl (C=O) groups is 1. The van der Waals surface area contributed by atoms with Crippen molar-refractivity contribution in [3.63, 3.8) is 0 Å². The molecule has 0 aliphatic heterocycles. The zero-order valence-corrected chi connectivity index (χ0v) is 15.9. The van der Waals surface area contributed by atoms with Crippen molar-refractivity contribution >= 4 is 27.9 Å². The fourth-order valence-corrected chi connectivity index (χ4v) is 3.80. The van der Waals surface area contributed by atoms with E-state index in [1.54, 1.807) is 12.1 Å². The molecule has 1 heterocycles. The van der Waals surface area contributed by atoms with E-state index < -0.39 is 0 Å². The summed E-state index contributed by atoms with van der Waals surface area (Å²) in [5.74, 6) is 0.0558. The SMILES string of the molecule is N#CC(=Cc1cccc(Br)n1)C(=O)N[C@@H](c1ccccc1)C1CCCC1. The van der Waals surface area contributed by atoms with Crippen LogP contribution in [0.3, 0.4) is 0 Å². The number of nitrogens with one attached hydrogen (secondary N) is 1. The van der Waals surface area contributed by atoms with Gasteiger partial charge in [0.15, 0.2) is 0 Å². The summed E-state index contributed by atoms with van der Waals surface area (Å²) in [5, 5.41) is 12.5. The normalized spacial score (nSPS) is 16.1. The summed E-state index contributed by atoms with van der Waals surface area (Å²) in [4.78, 5) is 17.0. The molecule has 2 aromatic rings. The second-order valence-corrected chi connectivity index (χ2v) is 7.27. The smallest absolute Gasteiger partial charge is 0.262 e. The van der Waals surface area contributed by atoms with Crippen LogP contribution in [0.2, 0.25) is 0 Å². The second-order valence-electron chi connectivity index (χ2n) is 6.46. The molecule has 1 atom stereocenters. The van der Waals surface area contributed by atoms with Crippen molar-refractivity contribution < 1.29 is 4.79 Å². The number of benzene rings is 1. The van der Waals surface area contributed by atoms with Gasteiger partial charge in [0, 0.05) is 0 Å². The van der Waals surface area contributed by atoms with Crippen LogP contribution in [0.1, 0.15) is 43.0 Å². The minimum atomic E-state index is -0.352. The van der Waals surface area contributed by atoms with E-state index >= 15 is 0 Å². The summed E-state index contributed by atoms with van der Waals surface area (Å²) in [5.41, 5.74) is 1.73. The van der Waals surface area contributed by atoms with Crippen molar-refractivity contribution in [2.24, 2.45) is 5.92 Å². The van der Waals surface area contributed by atoms with E-state index in [-0.39, 0.29) is 17.5 Å². The van der Waals surface area contributed by atoms with Gasteiger partial charge in [-0.2, -0.15) is 5.26 Å². The van der Waals surface area contributed by atoms with Crippen molar-refractivity contribution in [2.45, 2.75) is 31.7 Å². The van der Waals surface area contributed by atoms with Crippen molar-refractivity contribution in [3.8, 4) is 6.07 Å². The Hall–Kier alpha value is -2.45. The van der Waals surface area contributed by atoms with Crippen LogP contribution in [0.4, 0.5) is 0 Å². The van der Waals surface area contributed by atoms with E-state index in [0.717, 1.165) is 18.4 Å². The van der Waals surface area contributed by atoms with Crippen molar-refractivity contribution in [3.05, 3.63) is 70.0 Å². The second kappa shape index (κ2) is 8.77. The average molecular weight is 410 g/mol. The molecule has 1 aromatic carbocycles. The molecular formula is C21H20BrN3O. The standard InChI is InChI=1S/C21H20BrN3O/c22-19-12-6-11-18(24-19)13-17(14-23)21(26)25-20(16-9-4-5-10-16)15-7-2-1-3-8-15/h1-3,6-8,11-13,16,20H,4-5,9-10H2,(H,25,26)/t20-/m0/s1. The summed E-state index contributed by atoms with van der Waals surface area (Å²) in [6.07, 6.45) is 6.09. The zero-order valence-electron chi connectivity index (χ0n) is 14.4. The minimum Gasteiger partial charge on any atom is -0.344 e. The third kappa shape index (κ3) is 4.59. The van der Waals surface area contributed by atoms with Gasteiger partial charge in [-0.1, -0.05) is 49.2 Å². The van der Waals surface area contributed by atoms with Gasteiger partial charge in [0.25, 0.3) is 5.91 Å². The topological polar surface area (TPSA) is 65.8 Å². The van der Waals surface area contributed by atoms with Gasteiger partial charge in [-0.3, -0.25) is 4.79 Å². The highest BCUT2D eigenvalue weighted by atomic mass is 79.9. The Bertz CT molecular complexity index is 836. The predicted molar refractivity (Wildman–Crippen MR) is 105 cm³/mol. The largest absolute Gasteiger partial charge is 0.344 e. The fraction of sp³-hybridized carbons (Fsp3) is 0.286. The van der Waals surface area contributed by atoms with Crippen LogP contribution in [0.15, 0.2) is 58.7 Å². The molecule has 1 fully saturated rings. The van der Waals surface area contributed by atoms with Gasteiger partial charge in [0.1, 0.15) is 16.2 Å². The molecule has 0 unspecified atom stereocenters.